The number of rotatable bonds is 1. The molecule has 2 nitrogen and oxygen atoms in total. The monoisotopic (exact) mass is 572 g/mol. The molecule has 0 saturated heterocycles. The first-order valence-corrected chi connectivity index (χ1v) is 15.5. The summed E-state index contributed by atoms with van der Waals surface area (Å²) in [5, 5.41) is 0. The maximum Gasteiger partial charge on any atom is 0.260 e. The fraction of sp³-hybridized carbons (Fsp3) is 0. The number of para-hydroxylation sites is 2. The highest BCUT2D eigenvalue weighted by Gasteiger charge is 2.40. The first-order valence-electron chi connectivity index (χ1n) is 15.5. The quantitative estimate of drug-likeness (QED) is 0.183. The number of hydrogen-bond acceptors (Lipinski definition) is 2. The first kappa shape index (κ1) is 24.6. The predicted octanol–water partition coefficient (Wildman–Crippen LogP) is 9.06. The van der Waals surface area contributed by atoms with Gasteiger partial charge < -0.3 is 9.47 Å². The van der Waals surface area contributed by atoms with Crippen molar-refractivity contribution in [3.8, 4) is 78.6 Å². The lowest BCUT2D eigenvalue weighted by molar-refractivity contribution is 0.465. The second kappa shape index (κ2) is 9.35. The molecule has 2 aliphatic heterocycles. The minimum absolute atomic E-state index is 0.0678. The Kier molecular flexibility index (Phi) is 5.12. The summed E-state index contributed by atoms with van der Waals surface area (Å²) in [7, 11) is 0. The molecule has 0 aromatic heterocycles. The molecule has 7 aromatic carbocycles. The van der Waals surface area contributed by atoms with Crippen LogP contribution in [0.1, 0.15) is 0 Å². The van der Waals surface area contributed by atoms with Crippen molar-refractivity contribution in [1.82, 2.24) is 0 Å². The van der Waals surface area contributed by atoms with Crippen LogP contribution in [-0.4, -0.2) is 6.71 Å². The van der Waals surface area contributed by atoms with E-state index in [1.54, 1.807) is 0 Å². The maximum atomic E-state index is 6.61. The van der Waals surface area contributed by atoms with Crippen LogP contribution in [0.5, 0.6) is 23.0 Å². The van der Waals surface area contributed by atoms with E-state index in [1.807, 2.05) is 12.1 Å². The van der Waals surface area contributed by atoms with Crippen molar-refractivity contribution in [3.05, 3.63) is 152 Å². The second-order valence-electron chi connectivity index (χ2n) is 12.0. The number of fused-ring (bicyclic) bond motifs is 12. The molecule has 0 radical (unpaired) electrons. The molecule has 10 rings (SSSR count). The van der Waals surface area contributed by atoms with Gasteiger partial charge in [-0.3, -0.25) is 0 Å². The molecular weight excluding hydrogens is 547 g/mol. The van der Waals surface area contributed by atoms with E-state index in [-0.39, 0.29) is 6.71 Å². The van der Waals surface area contributed by atoms with Gasteiger partial charge in [0.15, 0.2) is 0 Å². The fourth-order valence-corrected chi connectivity index (χ4v) is 7.60. The molecule has 45 heavy (non-hydrogen) atoms. The molecule has 0 fully saturated rings. The van der Waals surface area contributed by atoms with Crippen LogP contribution in [0.15, 0.2) is 152 Å². The highest BCUT2D eigenvalue weighted by Crippen LogP contribution is 2.49. The minimum atomic E-state index is 0.0678. The van der Waals surface area contributed by atoms with Crippen LogP contribution < -0.4 is 25.9 Å². The van der Waals surface area contributed by atoms with Crippen LogP contribution in [0.2, 0.25) is 0 Å². The van der Waals surface area contributed by atoms with Crippen molar-refractivity contribution in [1.29, 1.82) is 0 Å². The second-order valence-corrected chi connectivity index (χ2v) is 12.0. The Labute approximate surface area is 262 Å². The molecule has 0 unspecified atom stereocenters. The third kappa shape index (κ3) is 3.58. The number of hydrogen-bond donors (Lipinski definition) is 0. The molecular formula is C42H25BO2. The van der Waals surface area contributed by atoms with Gasteiger partial charge in [0.1, 0.15) is 23.0 Å². The van der Waals surface area contributed by atoms with E-state index in [1.165, 1.54) is 55.4 Å². The number of benzene rings is 7. The van der Waals surface area contributed by atoms with Gasteiger partial charge in [-0.2, -0.15) is 0 Å². The van der Waals surface area contributed by atoms with Gasteiger partial charge >= 0.3 is 0 Å². The van der Waals surface area contributed by atoms with Crippen LogP contribution in [0.4, 0.5) is 0 Å². The Morgan fingerprint density at radius 2 is 0.711 bits per heavy atom. The van der Waals surface area contributed by atoms with Crippen LogP contribution in [0, 0.1) is 0 Å². The molecule has 0 N–H and O–H groups in total. The van der Waals surface area contributed by atoms with Gasteiger partial charge in [0.2, 0.25) is 0 Å². The molecule has 0 saturated carbocycles. The van der Waals surface area contributed by atoms with Gasteiger partial charge in [-0.25, -0.2) is 0 Å². The first-order chi connectivity index (χ1) is 22.3. The van der Waals surface area contributed by atoms with Gasteiger partial charge in [-0.15, -0.1) is 0 Å². The summed E-state index contributed by atoms with van der Waals surface area (Å²) >= 11 is 0. The summed E-state index contributed by atoms with van der Waals surface area (Å²) in [5.41, 5.74) is 15.5. The lowest BCUT2D eigenvalue weighted by atomic mass is 9.35. The Hall–Kier alpha value is -5.80. The molecule has 3 heteroatoms. The van der Waals surface area contributed by atoms with E-state index >= 15 is 0 Å². The normalized spacial score (nSPS) is 12.8. The Morgan fingerprint density at radius 1 is 0.311 bits per heavy atom. The van der Waals surface area contributed by atoms with Crippen molar-refractivity contribution < 1.29 is 9.47 Å². The van der Waals surface area contributed by atoms with Crippen LogP contribution >= 0.6 is 0 Å². The molecule has 2 heterocycles. The molecule has 208 valence electrons. The van der Waals surface area contributed by atoms with E-state index in [9.17, 15) is 0 Å². The SMILES string of the molecule is c1ccc2c(c1)Oc1cc(-c3ccc4c(c3)-c3ccccc3-c3ccccc3-c3ccccc3-4)cc3c1B2c1ccccc1O3. The molecule has 1 aliphatic carbocycles. The molecule has 0 atom stereocenters. The van der Waals surface area contributed by atoms with Crippen LogP contribution in [-0.2, 0) is 0 Å². The zero-order valence-electron chi connectivity index (χ0n) is 24.3. The van der Waals surface area contributed by atoms with Crippen molar-refractivity contribution >= 4 is 23.1 Å². The van der Waals surface area contributed by atoms with Gasteiger partial charge in [0, 0.05) is 5.46 Å². The Morgan fingerprint density at radius 3 is 1.20 bits per heavy atom. The number of ether oxygens (including phenoxy) is 2. The van der Waals surface area contributed by atoms with Gasteiger partial charge in [-0.05, 0) is 96.9 Å². The summed E-state index contributed by atoms with van der Waals surface area (Å²) in [5.74, 6) is 3.51. The van der Waals surface area contributed by atoms with Crippen molar-refractivity contribution in [2.75, 3.05) is 0 Å². The molecule has 0 amide bonds. The highest BCUT2D eigenvalue weighted by molar-refractivity contribution is 6.98. The maximum absolute atomic E-state index is 6.61. The van der Waals surface area contributed by atoms with Gasteiger partial charge in [0.25, 0.3) is 6.71 Å². The topological polar surface area (TPSA) is 18.5 Å². The largest absolute Gasteiger partial charge is 0.458 e. The van der Waals surface area contributed by atoms with Crippen molar-refractivity contribution in [2.45, 2.75) is 0 Å². The summed E-state index contributed by atoms with van der Waals surface area (Å²) < 4.78 is 13.2. The average Bonchev–Trinajstić information content (AvgIpc) is 3.10. The van der Waals surface area contributed by atoms with E-state index in [0.717, 1.165) is 39.6 Å². The summed E-state index contributed by atoms with van der Waals surface area (Å²) in [4.78, 5) is 0. The fourth-order valence-electron chi connectivity index (χ4n) is 7.60. The summed E-state index contributed by atoms with van der Waals surface area (Å²) in [6.07, 6.45) is 0. The van der Waals surface area contributed by atoms with Crippen molar-refractivity contribution in [3.63, 3.8) is 0 Å². The standard InChI is InChI=1S/C42H25BO2/c1-2-12-29-28(11-1)30-13-3-4-15-32(30)34-22-21-26(23-35(34)33-16-6-5-14-31(29)33)27-24-40-42-41(25-27)45-39-20-10-8-18-37(39)43(42)36-17-7-9-19-38(36)44-40/h1-25H. The van der Waals surface area contributed by atoms with Crippen LogP contribution in [0.25, 0.3) is 55.6 Å². The van der Waals surface area contributed by atoms with Crippen molar-refractivity contribution in [2.24, 2.45) is 0 Å². The van der Waals surface area contributed by atoms with E-state index in [2.05, 4.69) is 140 Å². The summed E-state index contributed by atoms with van der Waals surface area (Å²) in [6.45, 7) is 0.0678. The summed E-state index contributed by atoms with van der Waals surface area (Å²) in [6, 6.07) is 54.3. The minimum Gasteiger partial charge on any atom is -0.458 e. The predicted molar refractivity (Wildman–Crippen MR) is 185 cm³/mol. The molecule has 0 bridgehead atoms. The van der Waals surface area contributed by atoms with E-state index in [0.29, 0.717) is 0 Å². The molecule has 0 spiro atoms. The zero-order chi connectivity index (χ0) is 29.5. The third-order valence-corrected chi connectivity index (χ3v) is 9.59. The van der Waals surface area contributed by atoms with E-state index < -0.39 is 0 Å². The smallest absolute Gasteiger partial charge is 0.260 e. The Balaban J connectivity index is 1.20. The van der Waals surface area contributed by atoms with Gasteiger partial charge in [0.05, 0.1) is 0 Å². The lowest BCUT2D eigenvalue weighted by Gasteiger charge is -2.33. The zero-order valence-corrected chi connectivity index (χ0v) is 24.3. The van der Waals surface area contributed by atoms with E-state index in [4.69, 9.17) is 9.47 Å². The molecule has 7 aromatic rings. The Bertz CT molecular complexity index is 2280. The lowest BCUT2D eigenvalue weighted by Crippen LogP contribution is -2.57. The average molecular weight is 572 g/mol. The third-order valence-electron chi connectivity index (χ3n) is 9.59. The highest BCUT2D eigenvalue weighted by atomic mass is 16.5. The van der Waals surface area contributed by atoms with Crippen LogP contribution in [0.3, 0.4) is 0 Å². The van der Waals surface area contributed by atoms with Gasteiger partial charge in [-0.1, -0.05) is 121 Å². The molecule has 3 aliphatic rings.